The standard InChI is InChI=1S/C24H38O7/c1-2-3-4-5-6-7-8-9-10-11-12-13-14-15-16-17-20(27)30-23-21(28)24(29)31-22(23)19(26)18-25/h6-7,9-10,19,22-23,25-26H,2-5,8,11-18H2,1H3/t19-,22+,23?/m0/s1. The number of ether oxygens (including phenoxy) is 2. The number of esters is 2. The summed E-state index contributed by atoms with van der Waals surface area (Å²) in [5.74, 6) is -2.78. The zero-order chi connectivity index (χ0) is 22.9. The summed E-state index contributed by atoms with van der Waals surface area (Å²) in [6, 6.07) is 0. The van der Waals surface area contributed by atoms with E-state index in [2.05, 4.69) is 36.0 Å². The molecule has 176 valence electrons. The summed E-state index contributed by atoms with van der Waals surface area (Å²) in [5.41, 5.74) is 0. The third-order valence-corrected chi connectivity index (χ3v) is 5.16. The third kappa shape index (κ3) is 11.3. The van der Waals surface area contributed by atoms with Gasteiger partial charge in [-0.05, 0) is 38.5 Å². The van der Waals surface area contributed by atoms with Crippen molar-refractivity contribution in [2.45, 2.75) is 102 Å². The highest BCUT2D eigenvalue weighted by atomic mass is 16.6. The van der Waals surface area contributed by atoms with Gasteiger partial charge in [0.05, 0.1) is 6.61 Å². The summed E-state index contributed by atoms with van der Waals surface area (Å²) < 4.78 is 9.71. The summed E-state index contributed by atoms with van der Waals surface area (Å²) in [6.07, 6.45) is 16.5. The second kappa shape index (κ2) is 16.7. The van der Waals surface area contributed by atoms with E-state index >= 15 is 0 Å². The molecule has 7 heteroatoms. The first-order chi connectivity index (χ1) is 15.0. The maximum Gasteiger partial charge on any atom is 0.379 e. The molecule has 0 amide bonds. The average molecular weight is 439 g/mol. The fourth-order valence-electron chi connectivity index (χ4n) is 3.29. The van der Waals surface area contributed by atoms with Crippen LogP contribution in [0.4, 0.5) is 0 Å². The lowest BCUT2D eigenvalue weighted by atomic mass is 10.1. The Morgan fingerprint density at radius 1 is 1.00 bits per heavy atom. The molecule has 0 saturated carbocycles. The molecule has 31 heavy (non-hydrogen) atoms. The zero-order valence-electron chi connectivity index (χ0n) is 18.7. The van der Waals surface area contributed by atoms with E-state index in [-0.39, 0.29) is 6.42 Å². The summed E-state index contributed by atoms with van der Waals surface area (Å²) in [5, 5.41) is 18.6. The molecule has 1 unspecified atom stereocenters. The van der Waals surface area contributed by atoms with Gasteiger partial charge in [0.15, 0.2) is 6.10 Å². The van der Waals surface area contributed by atoms with Gasteiger partial charge in [0.25, 0.3) is 5.78 Å². The SMILES string of the molecule is CCCCCC=CCC=CCCCCCCCC(=O)OC1C(=O)C(=O)O[C@@H]1[C@@H](O)CO. The van der Waals surface area contributed by atoms with Gasteiger partial charge in [-0.1, -0.05) is 63.3 Å². The number of Topliss-reactive ketones (excluding diaryl/α,β-unsaturated/α-hetero) is 1. The lowest BCUT2D eigenvalue weighted by molar-refractivity contribution is -0.160. The number of aliphatic hydroxyl groups excluding tert-OH is 2. The molecule has 0 bridgehead atoms. The molecule has 0 aromatic heterocycles. The first-order valence-electron chi connectivity index (χ1n) is 11.5. The highest BCUT2D eigenvalue weighted by Gasteiger charge is 2.49. The van der Waals surface area contributed by atoms with Crippen molar-refractivity contribution < 1.29 is 34.1 Å². The number of carbonyl (C=O) groups excluding carboxylic acids is 3. The van der Waals surface area contributed by atoms with Crippen LogP contribution in [0.3, 0.4) is 0 Å². The van der Waals surface area contributed by atoms with E-state index < -0.39 is 42.6 Å². The van der Waals surface area contributed by atoms with Gasteiger partial charge >= 0.3 is 11.9 Å². The first-order valence-corrected chi connectivity index (χ1v) is 11.5. The lowest BCUT2D eigenvalue weighted by Crippen LogP contribution is -2.41. The predicted octanol–water partition coefficient (Wildman–Crippen LogP) is 3.56. The zero-order valence-corrected chi connectivity index (χ0v) is 18.7. The molecule has 1 saturated heterocycles. The Balaban J connectivity index is 2.06. The largest absolute Gasteiger partial charge is 0.450 e. The van der Waals surface area contributed by atoms with E-state index in [1.54, 1.807) is 0 Å². The maximum atomic E-state index is 11.9. The number of allylic oxidation sites excluding steroid dienone is 4. The average Bonchev–Trinajstić information content (AvgIpc) is 3.04. The second-order valence-electron chi connectivity index (χ2n) is 7.88. The first kappa shape index (κ1) is 27.0. The summed E-state index contributed by atoms with van der Waals surface area (Å²) in [7, 11) is 0. The molecule has 0 aliphatic carbocycles. The molecule has 1 aliphatic heterocycles. The van der Waals surface area contributed by atoms with E-state index in [4.69, 9.17) is 9.84 Å². The fourth-order valence-corrected chi connectivity index (χ4v) is 3.29. The monoisotopic (exact) mass is 438 g/mol. The Labute approximate surface area is 185 Å². The topological polar surface area (TPSA) is 110 Å². The van der Waals surface area contributed by atoms with Crippen LogP contribution in [0, 0.1) is 0 Å². The number of hydrogen-bond donors (Lipinski definition) is 2. The molecule has 0 radical (unpaired) electrons. The molecule has 0 aromatic carbocycles. The van der Waals surface area contributed by atoms with Gasteiger partial charge in [0.1, 0.15) is 6.10 Å². The van der Waals surface area contributed by atoms with Crippen molar-refractivity contribution in [3.8, 4) is 0 Å². The van der Waals surface area contributed by atoms with Crippen molar-refractivity contribution in [1.82, 2.24) is 0 Å². The minimum atomic E-state index is -1.49. The van der Waals surface area contributed by atoms with Gasteiger partial charge in [-0.2, -0.15) is 0 Å². The van der Waals surface area contributed by atoms with Crippen LogP contribution >= 0.6 is 0 Å². The summed E-state index contributed by atoms with van der Waals surface area (Å²) in [4.78, 5) is 35.0. The van der Waals surface area contributed by atoms with Crippen LogP contribution in [0.2, 0.25) is 0 Å². The number of aliphatic hydroxyl groups is 2. The van der Waals surface area contributed by atoms with E-state index in [0.29, 0.717) is 6.42 Å². The van der Waals surface area contributed by atoms with Gasteiger partial charge in [0.2, 0.25) is 6.10 Å². The Morgan fingerprint density at radius 3 is 2.26 bits per heavy atom. The maximum absolute atomic E-state index is 11.9. The van der Waals surface area contributed by atoms with Gasteiger partial charge in [-0.25, -0.2) is 4.79 Å². The van der Waals surface area contributed by atoms with E-state index in [1.165, 1.54) is 25.7 Å². The van der Waals surface area contributed by atoms with Crippen molar-refractivity contribution in [2.24, 2.45) is 0 Å². The number of unbranched alkanes of at least 4 members (excludes halogenated alkanes) is 8. The van der Waals surface area contributed by atoms with Crippen LogP contribution in [0.15, 0.2) is 24.3 Å². The van der Waals surface area contributed by atoms with Crippen molar-refractivity contribution in [3.63, 3.8) is 0 Å². The second-order valence-corrected chi connectivity index (χ2v) is 7.88. The number of carbonyl (C=O) groups is 3. The normalized spacial score (nSPS) is 20.0. The third-order valence-electron chi connectivity index (χ3n) is 5.16. The lowest BCUT2D eigenvalue weighted by Gasteiger charge is -2.20. The molecule has 1 aliphatic rings. The molecular formula is C24H38O7. The van der Waals surface area contributed by atoms with Gasteiger partial charge < -0.3 is 19.7 Å². The molecule has 2 N–H and O–H groups in total. The number of rotatable bonds is 17. The number of hydrogen-bond acceptors (Lipinski definition) is 7. The van der Waals surface area contributed by atoms with Crippen LogP contribution in [-0.4, -0.2) is 52.9 Å². The molecule has 0 spiro atoms. The quantitative estimate of drug-likeness (QED) is 0.155. The molecule has 1 heterocycles. The van der Waals surface area contributed by atoms with Crippen LogP contribution in [0.25, 0.3) is 0 Å². The van der Waals surface area contributed by atoms with Crippen molar-refractivity contribution in [3.05, 3.63) is 24.3 Å². The van der Waals surface area contributed by atoms with E-state index in [9.17, 15) is 19.5 Å². The number of ketones is 1. The van der Waals surface area contributed by atoms with Gasteiger partial charge in [-0.15, -0.1) is 0 Å². The predicted molar refractivity (Wildman–Crippen MR) is 117 cm³/mol. The van der Waals surface area contributed by atoms with Crippen molar-refractivity contribution >= 4 is 17.7 Å². The molecule has 0 aromatic rings. The fraction of sp³-hybridized carbons (Fsp3) is 0.708. The van der Waals surface area contributed by atoms with Crippen LogP contribution in [0.1, 0.15) is 84.0 Å². The molecule has 3 atom stereocenters. The van der Waals surface area contributed by atoms with Crippen LogP contribution in [-0.2, 0) is 23.9 Å². The number of cyclic esters (lactones) is 1. The highest BCUT2D eigenvalue weighted by molar-refractivity contribution is 6.37. The van der Waals surface area contributed by atoms with Crippen molar-refractivity contribution in [2.75, 3.05) is 6.61 Å². The van der Waals surface area contributed by atoms with Gasteiger partial charge in [-0.3, -0.25) is 9.59 Å². The molecular weight excluding hydrogens is 400 g/mol. The molecule has 7 nitrogen and oxygen atoms in total. The van der Waals surface area contributed by atoms with Crippen LogP contribution < -0.4 is 0 Å². The minimum Gasteiger partial charge on any atom is -0.450 e. The van der Waals surface area contributed by atoms with E-state index in [1.807, 2.05) is 0 Å². The Kier molecular flexibility index (Phi) is 14.5. The smallest absolute Gasteiger partial charge is 0.379 e. The summed E-state index contributed by atoms with van der Waals surface area (Å²) >= 11 is 0. The Bertz CT molecular complexity index is 597. The molecule has 1 fully saturated rings. The van der Waals surface area contributed by atoms with Gasteiger partial charge in [0, 0.05) is 6.42 Å². The Hall–Kier alpha value is -1.99. The Morgan fingerprint density at radius 2 is 1.61 bits per heavy atom. The summed E-state index contributed by atoms with van der Waals surface area (Å²) in [6.45, 7) is 1.51. The van der Waals surface area contributed by atoms with Crippen molar-refractivity contribution in [1.29, 1.82) is 0 Å². The minimum absolute atomic E-state index is 0.129. The van der Waals surface area contributed by atoms with Crippen LogP contribution in [0.5, 0.6) is 0 Å². The van der Waals surface area contributed by atoms with E-state index in [0.717, 1.165) is 38.5 Å². The molecule has 1 rings (SSSR count). The highest BCUT2D eigenvalue weighted by Crippen LogP contribution is 2.20.